The van der Waals surface area contributed by atoms with Gasteiger partial charge in [0.15, 0.2) is 0 Å². The second-order valence-corrected chi connectivity index (χ2v) is 5.48. The normalized spacial score (nSPS) is 23.7. The molecule has 0 aromatic heterocycles. The maximum atomic E-state index is 13.8. The second-order valence-electron chi connectivity index (χ2n) is 5.48. The molecule has 0 bridgehead atoms. The summed E-state index contributed by atoms with van der Waals surface area (Å²) in [6.07, 6.45) is 4.61. The number of nitrogens with one attached hydrogen (secondary N) is 1. The molecule has 1 atom stereocenters. The molecule has 2 fully saturated rings. The molecule has 1 aliphatic carbocycles. The van der Waals surface area contributed by atoms with E-state index in [1.54, 1.807) is 17.0 Å². The molecular weight excluding hydrogens is 243 g/mol. The van der Waals surface area contributed by atoms with Gasteiger partial charge in [0.25, 0.3) is 0 Å². The van der Waals surface area contributed by atoms with Gasteiger partial charge in [0.05, 0.1) is 6.54 Å². The van der Waals surface area contributed by atoms with Crippen molar-refractivity contribution in [1.82, 2.24) is 10.2 Å². The van der Waals surface area contributed by atoms with Gasteiger partial charge in [0, 0.05) is 12.1 Å². The van der Waals surface area contributed by atoms with Crippen molar-refractivity contribution in [3.8, 4) is 0 Å². The summed E-state index contributed by atoms with van der Waals surface area (Å²) in [6, 6.07) is 6.69. The molecule has 1 saturated heterocycles. The highest BCUT2D eigenvalue weighted by molar-refractivity contribution is 5.80. The third kappa shape index (κ3) is 2.50. The molecule has 1 aromatic carbocycles. The van der Waals surface area contributed by atoms with Gasteiger partial charge in [-0.1, -0.05) is 37.5 Å². The topological polar surface area (TPSA) is 32.3 Å². The predicted molar refractivity (Wildman–Crippen MR) is 70.8 cm³/mol. The fourth-order valence-corrected chi connectivity index (χ4v) is 2.87. The average molecular weight is 262 g/mol. The minimum absolute atomic E-state index is 0.0765. The van der Waals surface area contributed by atoms with E-state index in [2.05, 4.69) is 5.32 Å². The quantitative estimate of drug-likeness (QED) is 0.904. The predicted octanol–water partition coefficient (Wildman–Crippen LogP) is 2.45. The average Bonchev–Trinajstić information content (AvgIpc) is 2.70. The molecule has 4 heteroatoms. The number of nitrogens with zero attached hydrogens (tertiary/aromatic N) is 1. The first-order valence-electron chi connectivity index (χ1n) is 7.03. The largest absolute Gasteiger partial charge is 0.322 e. The summed E-state index contributed by atoms with van der Waals surface area (Å²) in [7, 11) is 0. The van der Waals surface area contributed by atoms with Crippen LogP contribution in [-0.4, -0.2) is 23.9 Å². The zero-order chi connectivity index (χ0) is 13.2. The monoisotopic (exact) mass is 262 g/mol. The summed E-state index contributed by atoms with van der Waals surface area (Å²) in [5.41, 5.74) is 0.571. The minimum Gasteiger partial charge on any atom is -0.322 e. The molecule has 1 unspecified atom stereocenters. The number of benzene rings is 1. The first-order chi connectivity index (χ1) is 9.25. The zero-order valence-electron chi connectivity index (χ0n) is 10.9. The van der Waals surface area contributed by atoms with Crippen LogP contribution >= 0.6 is 0 Å². The van der Waals surface area contributed by atoms with Crippen LogP contribution < -0.4 is 5.32 Å². The summed E-state index contributed by atoms with van der Waals surface area (Å²) in [5, 5.41) is 3.11. The van der Waals surface area contributed by atoms with E-state index in [-0.39, 0.29) is 17.9 Å². The van der Waals surface area contributed by atoms with E-state index >= 15 is 0 Å². The Kier molecular flexibility index (Phi) is 3.51. The molecule has 0 radical (unpaired) electrons. The van der Waals surface area contributed by atoms with Gasteiger partial charge in [0.2, 0.25) is 5.91 Å². The van der Waals surface area contributed by atoms with E-state index in [1.165, 1.54) is 25.3 Å². The molecule has 1 aromatic rings. The van der Waals surface area contributed by atoms with Gasteiger partial charge < -0.3 is 4.90 Å². The van der Waals surface area contributed by atoms with E-state index in [9.17, 15) is 9.18 Å². The van der Waals surface area contributed by atoms with E-state index in [4.69, 9.17) is 0 Å². The van der Waals surface area contributed by atoms with E-state index in [1.807, 2.05) is 6.07 Å². The Morgan fingerprint density at radius 1 is 1.32 bits per heavy atom. The van der Waals surface area contributed by atoms with Gasteiger partial charge in [0.1, 0.15) is 12.0 Å². The fraction of sp³-hybridized carbons (Fsp3) is 0.533. The highest BCUT2D eigenvalue weighted by Gasteiger charge is 2.33. The first-order valence-corrected chi connectivity index (χ1v) is 7.03. The number of carbonyl (C=O) groups excluding carboxylic acids is 1. The van der Waals surface area contributed by atoms with Gasteiger partial charge >= 0.3 is 0 Å². The van der Waals surface area contributed by atoms with Crippen molar-refractivity contribution in [2.24, 2.45) is 5.92 Å². The Bertz CT molecular complexity index is 473. The van der Waals surface area contributed by atoms with Crippen molar-refractivity contribution in [2.75, 3.05) is 13.1 Å². The number of hydrogen-bond donors (Lipinski definition) is 1. The Morgan fingerprint density at radius 2 is 2.11 bits per heavy atom. The SMILES string of the molecule is O=C1CNC(c2ccccc2F)N1CCC1CCC1. The standard InChI is InChI=1S/C15H19FN2O/c16-13-7-2-1-6-12(13)15-17-10-14(19)18(15)9-8-11-4-3-5-11/h1-2,6-7,11,15,17H,3-5,8-10H2. The number of halogens is 1. The molecule has 0 spiro atoms. The Balaban J connectivity index is 1.72. The lowest BCUT2D eigenvalue weighted by Crippen LogP contribution is -2.33. The minimum atomic E-state index is -0.297. The van der Waals surface area contributed by atoms with Crippen molar-refractivity contribution in [1.29, 1.82) is 0 Å². The van der Waals surface area contributed by atoms with Crippen LogP contribution in [0, 0.1) is 11.7 Å². The van der Waals surface area contributed by atoms with Gasteiger partial charge in [-0.3, -0.25) is 10.1 Å². The van der Waals surface area contributed by atoms with Crippen LogP contribution in [0.2, 0.25) is 0 Å². The van der Waals surface area contributed by atoms with Crippen LogP contribution in [0.1, 0.15) is 37.4 Å². The summed E-state index contributed by atoms with van der Waals surface area (Å²) in [5.74, 6) is 0.589. The van der Waals surface area contributed by atoms with Crippen LogP contribution in [0.15, 0.2) is 24.3 Å². The lowest BCUT2D eigenvalue weighted by atomic mass is 9.83. The molecular formula is C15H19FN2O. The molecule has 1 saturated carbocycles. The van der Waals surface area contributed by atoms with Crippen molar-refractivity contribution in [3.63, 3.8) is 0 Å². The number of rotatable bonds is 4. The van der Waals surface area contributed by atoms with Gasteiger partial charge in [-0.05, 0) is 18.4 Å². The number of hydrogen-bond acceptors (Lipinski definition) is 2. The smallest absolute Gasteiger partial charge is 0.238 e. The van der Waals surface area contributed by atoms with Crippen molar-refractivity contribution in [3.05, 3.63) is 35.6 Å². The number of amides is 1. The van der Waals surface area contributed by atoms with Crippen LogP contribution in [0.5, 0.6) is 0 Å². The van der Waals surface area contributed by atoms with Crippen molar-refractivity contribution >= 4 is 5.91 Å². The maximum absolute atomic E-state index is 13.8. The van der Waals surface area contributed by atoms with Crippen LogP contribution in [0.3, 0.4) is 0 Å². The van der Waals surface area contributed by atoms with Crippen LogP contribution in [-0.2, 0) is 4.79 Å². The number of carbonyl (C=O) groups is 1. The van der Waals surface area contributed by atoms with Crippen LogP contribution in [0.25, 0.3) is 0 Å². The maximum Gasteiger partial charge on any atom is 0.238 e. The van der Waals surface area contributed by atoms with Gasteiger partial charge in [-0.2, -0.15) is 0 Å². The molecule has 1 aliphatic heterocycles. The fourth-order valence-electron chi connectivity index (χ4n) is 2.87. The molecule has 2 aliphatic rings. The van der Waals surface area contributed by atoms with Crippen molar-refractivity contribution < 1.29 is 9.18 Å². The Labute approximate surface area is 112 Å². The lowest BCUT2D eigenvalue weighted by molar-refractivity contribution is -0.128. The van der Waals surface area contributed by atoms with E-state index < -0.39 is 0 Å². The molecule has 3 rings (SSSR count). The third-order valence-corrected chi connectivity index (χ3v) is 4.28. The summed E-state index contributed by atoms with van der Waals surface area (Å²) < 4.78 is 13.8. The molecule has 19 heavy (non-hydrogen) atoms. The second kappa shape index (κ2) is 5.29. The third-order valence-electron chi connectivity index (χ3n) is 4.28. The molecule has 3 nitrogen and oxygen atoms in total. The van der Waals surface area contributed by atoms with E-state index in [0.29, 0.717) is 12.1 Å². The highest BCUT2D eigenvalue weighted by Crippen LogP contribution is 2.31. The van der Waals surface area contributed by atoms with Gasteiger partial charge in [-0.25, -0.2) is 4.39 Å². The zero-order valence-corrected chi connectivity index (χ0v) is 10.9. The first kappa shape index (κ1) is 12.6. The highest BCUT2D eigenvalue weighted by atomic mass is 19.1. The summed E-state index contributed by atoms with van der Waals surface area (Å²) in [4.78, 5) is 13.7. The Hall–Kier alpha value is -1.42. The van der Waals surface area contributed by atoms with Crippen LogP contribution in [0.4, 0.5) is 4.39 Å². The molecule has 1 amide bonds. The molecule has 1 N–H and O–H groups in total. The van der Waals surface area contributed by atoms with E-state index in [0.717, 1.165) is 18.9 Å². The Morgan fingerprint density at radius 3 is 2.79 bits per heavy atom. The lowest BCUT2D eigenvalue weighted by Gasteiger charge is -2.30. The molecule has 102 valence electrons. The summed E-state index contributed by atoms with van der Waals surface area (Å²) in [6.45, 7) is 1.04. The van der Waals surface area contributed by atoms with Crippen molar-refractivity contribution in [2.45, 2.75) is 31.8 Å². The summed E-state index contributed by atoms with van der Waals surface area (Å²) >= 11 is 0. The molecule has 1 heterocycles. The van der Waals surface area contributed by atoms with Gasteiger partial charge in [-0.15, -0.1) is 0 Å².